The molecule has 1 fully saturated rings. The number of nitrogens with zero attached hydrogens (tertiary/aromatic N) is 2. The molecule has 4 nitrogen and oxygen atoms in total. The van der Waals surface area contributed by atoms with Crippen LogP contribution in [-0.2, 0) is 9.59 Å². The Bertz CT molecular complexity index is 1000. The number of anilines is 1. The monoisotopic (exact) mass is 444 g/mol. The van der Waals surface area contributed by atoms with E-state index < -0.39 is 17.6 Å². The first kappa shape index (κ1) is 20.9. The Kier molecular flexibility index (Phi) is 6.16. The molecule has 1 aliphatic carbocycles. The number of hydrogen-bond acceptors (Lipinski definition) is 4. The number of halogens is 2. The minimum atomic E-state index is -0.600. The van der Waals surface area contributed by atoms with E-state index in [2.05, 4.69) is 0 Å². The summed E-state index contributed by atoms with van der Waals surface area (Å²) >= 11 is 7.20. The maximum absolute atomic E-state index is 14.5. The van der Waals surface area contributed by atoms with E-state index in [1.807, 2.05) is 24.1 Å². The number of para-hydroxylation sites is 1. The maximum Gasteiger partial charge on any atom is 0.283 e. The van der Waals surface area contributed by atoms with Crippen molar-refractivity contribution in [3.63, 3.8) is 0 Å². The van der Waals surface area contributed by atoms with E-state index in [1.54, 1.807) is 18.2 Å². The first-order valence-corrected chi connectivity index (χ1v) is 11.2. The highest BCUT2D eigenvalue weighted by Crippen LogP contribution is 2.40. The second-order valence-electron chi connectivity index (χ2n) is 7.53. The van der Waals surface area contributed by atoms with Crippen LogP contribution < -0.4 is 4.90 Å². The summed E-state index contributed by atoms with van der Waals surface area (Å²) < 4.78 is 14.5. The van der Waals surface area contributed by atoms with Gasteiger partial charge in [0.15, 0.2) is 0 Å². The highest BCUT2D eigenvalue weighted by atomic mass is 35.5. The van der Waals surface area contributed by atoms with Crippen LogP contribution in [-0.4, -0.2) is 29.8 Å². The van der Waals surface area contributed by atoms with Gasteiger partial charge in [0, 0.05) is 23.0 Å². The van der Waals surface area contributed by atoms with Crippen LogP contribution in [0.1, 0.15) is 32.1 Å². The summed E-state index contributed by atoms with van der Waals surface area (Å²) in [5.74, 6) is -1.58. The van der Waals surface area contributed by atoms with E-state index in [1.165, 1.54) is 36.4 Å². The van der Waals surface area contributed by atoms with Crippen molar-refractivity contribution in [3.8, 4) is 0 Å². The number of benzene rings is 2. The number of rotatable bonds is 5. The van der Waals surface area contributed by atoms with Crippen molar-refractivity contribution in [2.75, 3.05) is 11.9 Å². The average Bonchev–Trinajstić information content (AvgIpc) is 3.00. The van der Waals surface area contributed by atoms with E-state index in [-0.39, 0.29) is 11.7 Å². The van der Waals surface area contributed by atoms with Gasteiger partial charge in [-0.1, -0.05) is 54.8 Å². The number of hydrogen-bond donors (Lipinski definition) is 0. The predicted molar refractivity (Wildman–Crippen MR) is 118 cm³/mol. The molecular weight excluding hydrogens is 423 g/mol. The number of thioether (sulfide) groups is 1. The molecule has 0 bridgehead atoms. The molecule has 0 atom stereocenters. The molecule has 2 aliphatic rings. The van der Waals surface area contributed by atoms with Gasteiger partial charge in [0.2, 0.25) is 0 Å². The van der Waals surface area contributed by atoms with Crippen molar-refractivity contribution in [3.05, 3.63) is 70.0 Å². The third-order valence-corrected chi connectivity index (χ3v) is 6.95. The van der Waals surface area contributed by atoms with E-state index in [9.17, 15) is 14.0 Å². The van der Waals surface area contributed by atoms with Gasteiger partial charge in [-0.3, -0.25) is 9.59 Å². The predicted octanol–water partition coefficient (Wildman–Crippen LogP) is 5.62. The summed E-state index contributed by atoms with van der Waals surface area (Å²) in [5, 5.41) is 0.592. The largest absolute Gasteiger partial charge is 0.366 e. The summed E-state index contributed by atoms with van der Waals surface area (Å²) in [6, 6.07) is 13.2. The van der Waals surface area contributed by atoms with Gasteiger partial charge >= 0.3 is 0 Å². The van der Waals surface area contributed by atoms with Gasteiger partial charge in [0.1, 0.15) is 16.4 Å². The van der Waals surface area contributed by atoms with Crippen molar-refractivity contribution in [1.29, 1.82) is 0 Å². The lowest BCUT2D eigenvalue weighted by Crippen LogP contribution is -2.39. The number of carbonyl (C=O) groups is 2. The Morgan fingerprint density at radius 2 is 1.67 bits per heavy atom. The van der Waals surface area contributed by atoms with Gasteiger partial charge in [-0.25, -0.2) is 9.29 Å². The molecule has 0 saturated heterocycles. The second kappa shape index (κ2) is 8.82. The summed E-state index contributed by atoms with van der Waals surface area (Å²) in [6.45, 7) is 0. The Morgan fingerprint density at radius 3 is 2.33 bits per heavy atom. The smallest absolute Gasteiger partial charge is 0.283 e. The van der Waals surface area contributed by atoms with Crippen LogP contribution in [0.2, 0.25) is 5.02 Å². The van der Waals surface area contributed by atoms with Gasteiger partial charge in [-0.05, 0) is 49.2 Å². The van der Waals surface area contributed by atoms with E-state index in [4.69, 9.17) is 11.6 Å². The maximum atomic E-state index is 14.5. The lowest BCUT2D eigenvalue weighted by molar-refractivity contribution is -0.121. The van der Waals surface area contributed by atoms with Gasteiger partial charge in [0.05, 0.1) is 5.69 Å². The Labute approximate surface area is 184 Å². The van der Waals surface area contributed by atoms with Crippen LogP contribution in [0.5, 0.6) is 0 Å². The standard InChI is InChI=1S/C23H22ClFN2O2S/c1-26(16-7-3-2-4-8-16)20-21(30-17-13-11-15(24)12-14-17)23(29)27(22(20)28)19-10-6-5-9-18(19)25/h5-6,9-14,16H,2-4,7-8H2,1H3. The zero-order valence-electron chi connectivity index (χ0n) is 16.6. The minimum absolute atomic E-state index is 0.0197. The van der Waals surface area contributed by atoms with Crippen molar-refractivity contribution < 1.29 is 14.0 Å². The average molecular weight is 445 g/mol. The SMILES string of the molecule is CN(C1=C(Sc2ccc(Cl)cc2)C(=O)N(c2ccccc2F)C1=O)C1CCCCC1. The number of carbonyl (C=O) groups excluding carboxylic acids is 2. The Morgan fingerprint density at radius 1 is 1.00 bits per heavy atom. The third-order valence-electron chi connectivity index (χ3n) is 5.62. The lowest BCUT2D eigenvalue weighted by atomic mass is 9.94. The normalized spacial score (nSPS) is 17.8. The molecule has 0 N–H and O–H groups in total. The topological polar surface area (TPSA) is 40.6 Å². The molecule has 0 spiro atoms. The van der Waals surface area contributed by atoms with Crippen LogP contribution >= 0.6 is 23.4 Å². The van der Waals surface area contributed by atoms with Crippen LogP contribution in [0, 0.1) is 5.82 Å². The minimum Gasteiger partial charge on any atom is -0.366 e. The molecule has 1 heterocycles. The quantitative estimate of drug-likeness (QED) is 0.561. The number of likely N-dealkylation sites (N-methyl/N-ethyl adjacent to an activating group) is 1. The van der Waals surface area contributed by atoms with Gasteiger partial charge in [-0.2, -0.15) is 0 Å². The van der Waals surface area contributed by atoms with Crippen LogP contribution in [0.15, 0.2) is 64.0 Å². The van der Waals surface area contributed by atoms with Gasteiger partial charge < -0.3 is 4.90 Å². The molecule has 2 aromatic rings. The molecule has 2 aromatic carbocycles. The van der Waals surface area contributed by atoms with Gasteiger partial charge in [-0.15, -0.1) is 0 Å². The summed E-state index contributed by atoms with van der Waals surface area (Å²) in [4.78, 5) is 30.8. The summed E-state index contributed by atoms with van der Waals surface area (Å²) in [5.41, 5.74) is 0.323. The highest BCUT2D eigenvalue weighted by Gasteiger charge is 2.43. The van der Waals surface area contributed by atoms with Crippen LogP contribution in [0.25, 0.3) is 0 Å². The molecule has 7 heteroatoms. The van der Waals surface area contributed by atoms with Crippen molar-refractivity contribution in [1.82, 2.24) is 4.90 Å². The first-order chi connectivity index (χ1) is 14.5. The van der Waals surface area contributed by atoms with Crippen LogP contribution in [0.3, 0.4) is 0 Å². The van der Waals surface area contributed by atoms with Gasteiger partial charge in [0.25, 0.3) is 11.8 Å². The molecule has 4 rings (SSSR count). The Hall–Kier alpha value is -2.31. The molecule has 1 aliphatic heterocycles. The molecule has 0 aromatic heterocycles. The molecule has 0 unspecified atom stereocenters. The first-order valence-electron chi connectivity index (χ1n) is 10.0. The molecule has 30 heavy (non-hydrogen) atoms. The fourth-order valence-corrected chi connectivity index (χ4v) is 5.16. The zero-order chi connectivity index (χ0) is 21.3. The second-order valence-corrected chi connectivity index (χ2v) is 9.05. The molecular formula is C23H22ClFN2O2S. The van der Waals surface area contributed by atoms with Crippen LogP contribution in [0.4, 0.5) is 10.1 Å². The highest BCUT2D eigenvalue weighted by molar-refractivity contribution is 8.04. The zero-order valence-corrected chi connectivity index (χ0v) is 18.2. The van der Waals surface area contributed by atoms with E-state index in [0.717, 1.165) is 35.5 Å². The molecule has 0 radical (unpaired) electrons. The summed E-state index contributed by atoms with van der Waals surface area (Å²) in [6.07, 6.45) is 5.33. The fourth-order valence-electron chi connectivity index (χ4n) is 4.02. The third kappa shape index (κ3) is 3.98. The summed E-state index contributed by atoms with van der Waals surface area (Å²) in [7, 11) is 1.86. The molecule has 1 saturated carbocycles. The lowest BCUT2D eigenvalue weighted by Gasteiger charge is -2.33. The fraction of sp³-hybridized carbons (Fsp3) is 0.304. The van der Waals surface area contributed by atoms with E-state index >= 15 is 0 Å². The number of amides is 2. The van der Waals surface area contributed by atoms with Crippen molar-refractivity contribution >= 4 is 40.9 Å². The molecule has 156 valence electrons. The van der Waals surface area contributed by atoms with Crippen molar-refractivity contribution in [2.45, 2.75) is 43.0 Å². The molecule has 2 amide bonds. The van der Waals surface area contributed by atoms with Crippen molar-refractivity contribution in [2.24, 2.45) is 0 Å². The van der Waals surface area contributed by atoms with E-state index in [0.29, 0.717) is 15.6 Å². The number of imide groups is 1. The Balaban J connectivity index is 1.75.